The van der Waals surface area contributed by atoms with E-state index in [4.69, 9.17) is 0 Å². The Hall–Kier alpha value is -4.40. The molecule has 31 heavy (non-hydrogen) atoms. The van der Waals surface area contributed by atoms with Gasteiger partial charge in [-0.25, -0.2) is 0 Å². The molecule has 1 amide bonds. The molecular formula is C22H17N3O6. The Bertz CT molecular complexity index is 1050. The Labute approximate surface area is 176 Å². The number of Topliss-reactive ketones (excluding diaryl/α,β-unsaturated/α-hetero) is 1. The third-order valence-electron chi connectivity index (χ3n) is 4.68. The Kier molecular flexibility index (Phi) is 6.15. The fraction of sp³-hybridized carbons (Fsp3) is 0.0909. The van der Waals surface area contributed by atoms with Crippen molar-refractivity contribution >= 4 is 35.2 Å². The van der Waals surface area contributed by atoms with Gasteiger partial charge in [0.05, 0.1) is 22.9 Å². The lowest BCUT2D eigenvalue weighted by Crippen LogP contribution is -2.40. The van der Waals surface area contributed by atoms with Crippen molar-refractivity contribution in [3.63, 3.8) is 0 Å². The summed E-state index contributed by atoms with van der Waals surface area (Å²) in [5.41, 5.74) is 1.69. The second-order valence-corrected chi connectivity index (χ2v) is 6.76. The van der Waals surface area contributed by atoms with Crippen LogP contribution in [0.2, 0.25) is 0 Å². The maximum Gasteiger partial charge on any atom is 0.269 e. The molecule has 0 N–H and O–H groups in total. The van der Waals surface area contributed by atoms with Crippen molar-refractivity contribution in [2.75, 3.05) is 13.1 Å². The van der Waals surface area contributed by atoms with Crippen molar-refractivity contribution in [3.8, 4) is 0 Å². The minimum Gasteiger partial charge on any atom is -0.330 e. The number of hydrogen-bond acceptors (Lipinski definition) is 6. The van der Waals surface area contributed by atoms with Crippen molar-refractivity contribution in [1.29, 1.82) is 0 Å². The van der Waals surface area contributed by atoms with Crippen LogP contribution in [0.1, 0.15) is 11.1 Å². The Morgan fingerprint density at radius 3 is 1.55 bits per heavy atom. The van der Waals surface area contributed by atoms with Crippen molar-refractivity contribution in [1.82, 2.24) is 4.90 Å². The van der Waals surface area contributed by atoms with E-state index < -0.39 is 9.85 Å². The fourth-order valence-corrected chi connectivity index (χ4v) is 3.11. The van der Waals surface area contributed by atoms with Crippen molar-refractivity contribution in [2.45, 2.75) is 0 Å². The summed E-state index contributed by atoms with van der Waals surface area (Å²) in [7, 11) is 0. The molecule has 9 nitrogen and oxygen atoms in total. The SMILES string of the molecule is C=CC(=O)N1CC(=Cc2ccc([N+](=O)[O-])cc2)C(=O)/C(=C/c2ccc([N+](=O)[O-])cc2)C1. The van der Waals surface area contributed by atoms with Crippen LogP contribution in [0.25, 0.3) is 12.2 Å². The molecule has 0 radical (unpaired) electrons. The molecule has 1 fully saturated rings. The number of nitrogens with zero attached hydrogens (tertiary/aromatic N) is 3. The van der Waals surface area contributed by atoms with Gasteiger partial charge in [-0.05, 0) is 53.6 Å². The van der Waals surface area contributed by atoms with Gasteiger partial charge < -0.3 is 4.90 Å². The first-order valence-corrected chi connectivity index (χ1v) is 9.14. The summed E-state index contributed by atoms with van der Waals surface area (Å²) >= 11 is 0. The third-order valence-corrected chi connectivity index (χ3v) is 4.68. The van der Waals surface area contributed by atoms with Gasteiger partial charge in [0.2, 0.25) is 5.91 Å². The fourth-order valence-electron chi connectivity index (χ4n) is 3.11. The van der Waals surface area contributed by atoms with Gasteiger partial charge in [-0.1, -0.05) is 6.58 Å². The number of likely N-dealkylation sites (tertiary alicyclic amines) is 1. The third kappa shape index (κ3) is 4.96. The molecule has 2 aromatic rings. The van der Waals surface area contributed by atoms with Crippen molar-refractivity contribution in [2.24, 2.45) is 0 Å². The average molecular weight is 419 g/mol. The molecule has 0 aliphatic carbocycles. The van der Waals surface area contributed by atoms with Gasteiger partial charge in [-0.2, -0.15) is 0 Å². The molecule has 0 unspecified atom stereocenters. The van der Waals surface area contributed by atoms with Gasteiger partial charge in [-0.15, -0.1) is 0 Å². The molecule has 2 aromatic carbocycles. The Balaban J connectivity index is 1.96. The molecule has 1 saturated heterocycles. The van der Waals surface area contributed by atoms with E-state index in [-0.39, 0.29) is 36.2 Å². The highest BCUT2D eigenvalue weighted by Crippen LogP contribution is 2.24. The number of rotatable bonds is 5. The van der Waals surface area contributed by atoms with Crippen molar-refractivity contribution in [3.05, 3.63) is 104 Å². The summed E-state index contributed by atoms with van der Waals surface area (Å²) in [6, 6.07) is 11.4. The lowest BCUT2D eigenvalue weighted by molar-refractivity contribution is -0.385. The molecule has 156 valence electrons. The molecule has 0 bridgehead atoms. The van der Waals surface area contributed by atoms with E-state index in [9.17, 15) is 29.8 Å². The van der Waals surface area contributed by atoms with E-state index in [2.05, 4.69) is 6.58 Å². The van der Waals surface area contributed by atoms with Gasteiger partial charge in [0, 0.05) is 35.4 Å². The maximum absolute atomic E-state index is 13.0. The number of carbonyl (C=O) groups is 2. The average Bonchev–Trinajstić information content (AvgIpc) is 2.76. The van der Waals surface area contributed by atoms with Crippen molar-refractivity contribution < 1.29 is 19.4 Å². The van der Waals surface area contributed by atoms with Crippen LogP contribution in [0.4, 0.5) is 11.4 Å². The van der Waals surface area contributed by atoms with Crippen LogP contribution in [-0.4, -0.2) is 39.5 Å². The molecule has 0 aromatic heterocycles. The molecule has 0 spiro atoms. The largest absolute Gasteiger partial charge is 0.330 e. The number of nitro benzene ring substituents is 2. The minimum atomic E-state index is -0.516. The molecule has 0 saturated carbocycles. The lowest BCUT2D eigenvalue weighted by Gasteiger charge is -2.29. The topological polar surface area (TPSA) is 124 Å². The standard InChI is InChI=1S/C22H17N3O6/c1-2-21(26)23-13-17(11-15-3-7-19(8-4-15)24(28)29)22(27)18(14-23)12-16-5-9-20(10-6-16)25(30)31/h2-12H,1,13-14H2/b17-11+,18-12?. The van der Waals surface area contributed by atoms with E-state index in [1.54, 1.807) is 12.2 Å². The highest BCUT2D eigenvalue weighted by Gasteiger charge is 2.28. The highest BCUT2D eigenvalue weighted by atomic mass is 16.6. The first-order valence-electron chi connectivity index (χ1n) is 9.14. The Morgan fingerprint density at radius 1 is 0.839 bits per heavy atom. The first kappa shape index (κ1) is 21.3. The number of nitro groups is 2. The monoisotopic (exact) mass is 419 g/mol. The molecule has 1 aliphatic heterocycles. The number of benzene rings is 2. The van der Waals surface area contributed by atoms with Gasteiger partial charge in [0.25, 0.3) is 11.4 Å². The molecule has 1 heterocycles. The zero-order valence-corrected chi connectivity index (χ0v) is 16.3. The summed E-state index contributed by atoms with van der Waals surface area (Å²) in [4.78, 5) is 47.3. The van der Waals surface area contributed by atoms with Crippen LogP contribution < -0.4 is 0 Å². The summed E-state index contributed by atoms with van der Waals surface area (Å²) in [5, 5.41) is 21.6. The van der Waals surface area contributed by atoms with Gasteiger partial charge in [0.15, 0.2) is 5.78 Å². The van der Waals surface area contributed by atoms with Crippen LogP contribution >= 0.6 is 0 Å². The molecule has 0 atom stereocenters. The summed E-state index contributed by atoms with van der Waals surface area (Å²) in [6.07, 6.45) is 4.32. The number of amides is 1. The predicted molar refractivity (Wildman–Crippen MR) is 114 cm³/mol. The number of non-ortho nitro benzene ring substituents is 2. The first-order chi connectivity index (χ1) is 14.8. The smallest absolute Gasteiger partial charge is 0.269 e. The zero-order chi connectivity index (χ0) is 22.5. The second-order valence-electron chi connectivity index (χ2n) is 6.76. The van der Waals surface area contributed by atoms with Crippen LogP contribution in [0, 0.1) is 20.2 Å². The number of carbonyl (C=O) groups excluding carboxylic acids is 2. The second kappa shape index (κ2) is 8.95. The molecule has 9 heteroatoms. The van der Waals surface area contributed by atoms with Crippen LogP contribution in [0.3, 0.4) is 0 Å². The highest BCUT2D eigenvalue weighted by molar-refractivity contribution is 6.15. The van der Waals surface area contributed by atoms with Gasteiger partial charge >= 0.3 is 0 Å². The van der Waals surface area contributed by atoms with Crippen LogP contribution in [-0.2, 0) is 9.59 Å². The van der Waals surface area contributed by atoms with E-state index in [0.717, 1.165) is 6.08 Å². The summed E-state index contributed by atoms with van der Waals surface area (Å²) < 4.78 is 0. The molecule has 1 aliphatic rings. The minimum absolute atomic E-state index is 0.0677. The zero-order valence-electron chi connectivity index (χ0n) is 16.3. The number of hydrogen-bond donors (Lipinski definition) is 0. The quantitative estimate of drug-likeness (QED) is 0.415. The maximum atomic E-state index is 13.0. The lowest BCUT2D eigenvalue weighted by atomic mass is 9.94. The van der Waals surface area contributed by atoms with E-state index in [1.165, 1.54) is 53.4 Å². The Morgan fingerprint density at radius 2 is 1.23 bits per heavy atom. The summed E-state index contributed by atoms with van der Waals surface area (Å²) in [6.45, 7) is 3.62. The van der Waals surface area contributed by atoms with Crippen LogP contribution in [0.5, 0.6) is 0 Å². The van der Waals surface area contributed by atoms with Crippen LogP contribution in [0.15, 0.2) is 72.3 Å². The van der Waals surface area contributed by atoms with E-state index >= 15 is 0 Å². The molecule has 3 rings (SSSR count). The normalized spacial score (nSPS) is 16.4. The summed E-state index contributed by atoms with van der Waals surface area (Å²) in [5.74, 6) is -0.624. The van der Waals surface area contributed by atoms with E-state index in [0.29, 0.717) is 22.3 Å². The van der Waals surface area contributed by atoms with E-state index in [1.807, 2.05) is 0 Å². The van der Waals surface area contributed by atoms with Gasteiger partial charge in [0.1, 0.15) is 0 Å². The predicted octanol–water partition coefficient (Wildman–Crippen LogP) is 3.57. The molecular weight excluding hydrogens is 402 g/mol. The number of piperidine rings is 1. The van der Waals surface area contributed by atoms with Gasteiger partial charge in [-0.3, -0.25) is 29.8 Å². The number of ketones is 1.